The Kier molecular flexibility index (Phi) is 7.17. The van der Waals surface area contributed by atoms with E-state index in [1.807, 2.05) is 0 Å². The maximum absolute atomic E-state index is 13.4. The maximum atomic E-state index is 13.4. The van der Waals surface area contributed by atoms with Crippen molar-refractivity contribution in [1.29, 1.82) is 0 Å². The number of methoxy groups -OCH3 is 2. The molecule has 0 spiro atoms. The molecule has 2 aromatic rings. The van der Waals surface area contributed by atoms with Gasteiger partial charge in [0.1, 0.15) is 11.3 Å². The van der Waals surface area contributed by atoms with Crippen LogP contribution < -0.4 is 24.8 Å². The summed E-state index contributed by atoms with van der Waals surface area (Å²) in [5.41, 5.74) is -0.602. The number of hydrogen-bond donors (Lipinski definition) is 2. The van der Waals surface area contributed by atoms with Crippen LogP contribution in [0.25, 0.3) is 0 Å². The van der Waals surface area contributed by atoms with E-state index in [0.29, 0.717) is 30.0 Å². The van der Waals surface area contributed by atoms with Crippen LogP contribution in [0.3, 0.4) is 0 Å². The van der Waals surface area contributed by atoms with Crippen LogP contribution in [-0.4, -0.2) is 37.7 Å². The summed E-state index contributed by atoms with van der Waals surface area (Å²) in [7, 11) is 3.01. The molecule has 1 saturated carbocycles. The third kappa shape index (κ3) is 5.09. The quantitative estimate of drug-likeness (QED) is 0.641. The summed E-state index contributed by atoms with van der Waals surface area (Å²) in [4.78, 5) is 25.9. The standard InChI is InChI=1S/C23H26F2N2O5/c1-14(32-16-7-8-17(24)18(25)13-16)21(28)27-23(10-4-5-11-23)22(29)26-15-6-9-19(30-2)20(12-15)31-3/h6-9,12-14H,4-5,10-11H2,1-3H3,(H,26,29)(H,27,28)/t14-/m1/s1. The van der Waals surface area contributed by atoms with Gasteiger partial charge in [-0.2, -0.15) is 0 Å². The summed E-state index contributed by atoms with van der Waals surface area (Å²) in [5.74, 6) is -1.96. The Morgan fingerprint density at radius 3 is 2.28 bits per heavy atom. The zero-order chi connectivity index (χ0) is 23.3. The van der Waals surface area contributed by atoms with Crippen molar-refractivity contribution < 1.29 is 32.6 Å². The van der Waals surface area contributed by atoms with E-state index in [9.17, 15) is 18.4 Å². The fourth-order valence-corrected chi connectivity index (χ4v) is 3.70. The first-order chi connectivity index (χ1) is 15.3. The molecule has 0 saturated heterocycles. The third-order valence-electron chi connectivity index (χ3n) is 5.47. The second kappa shape index (κ2) is 9.84. The molecule has 2 aromatic carbocycles. The molecule has 0 aromatic heterocycles. The van der Waals surface area contributed by atoms with E-state index < -0.39 is 29.2 Å². The van der Waals surface area contributed by atoms with Gasteiger partial charge in [-0.3, -0.25) is 9.59 Å². The minimum atomic E-state index is -1.10. The van der Waals surface area contributed by atoms with Gasteiger partial charge in [-0.1, -0.05) is 12.8 Å². The topological polar surface area (TPSA) is 85.9 Å². The number of carbonyl (C=O) groups is 2. The molecular formula is C23H26F2N2O5. The van der Waals surface area contributed by atoms with Gasteiger partial charge in [0.05, 0.1) is 14.2 Å². The van der Waals surface area contributed by atoms with Crippen molar-refractivity contribution in [3.05, 3.63) is 48.0 Å². The van der Waals surface area contributed by atoms with E-state index in [1.165, 1.54) is 27.2 Å². The number of carbonyl (C=O) groups excluding carboxylic acids is 2. The Labute approximate surface area is 185 Å². The number of ether oxygens (including phenoxy) is 3. The van der Waals surface area contributed by atoms with Gasteiger partial charge in [0.15, 0.2) is 29.2 Å². The predicted octanol–water partition coefficient (Wildman–Crippen LogP) is 3.82. The van der Waals surface area contributed by atoms with E-state index in [-0.39, 0.29) is 11.7 Å². The zero-order valence-electron chi connectivity index (χ0n) is 18.2. The van der Waals surface area contributed by atoms with Gasteiger partial charge in [0.2, 0.25) is 5.91 Å². The maximum Gasteiger partial charge on any atom is 0.261 e. The molecule has 7 nitrogen and oxygen atoms in total. The van der Waals surface area contributed by atoms with E-state index in [2.05, 4.69) is 10.6 Å². The molecule has 0 unspecified atom stereocenters. The number of rotatable bonds is 8. The molecule has 3 rings (SSSR count). The van der Waals surface area contributed by atoms with Crippen molar-refractivity contribution in [3.8, 4) is 17.2 Å². The van der Waals surface area contributed by atoms with E-state index in [4.69, 9.17) is 14.2 Å². The van der Waals surface area contributed by atoms with Crippen molar-refractivity contribution in [3.63, 3.8) is 0 Å². The molecule has 172 valence electrons. The molecule has 2 N–H and O–H groups in total. The number of halogens is 2. The molecule has 0 aliphatic heterocycles. The molecule has 1 atom stereocenters. The zero-order valence-corrected chi connectivity index (χ0v) is 18.2. The first kappa shape index (κ1) is 23.3. The van der Waals surface area contributed by atoms with Crippen LogP contribution in [-0.2, 0) is 9.59 Å². The van der Waals surface area contributed by atoms with Gasteiger partial charge in [-0.25, -0.2) is 8.78 Å². The Balaban J connectivity index is 1.71. The highest BCUT2D eigenvalue weighted by Crippen LogP contribution is 2.33. The first-order valence-corrected chi connectivity index (χ1v) is 10.2. The fraction of sp³-hybridized carbons (Fsp3) is 0.391. The summed E-state index contributed by atoms with van der Waals surface area (Å²) in [6, 6.07) is 8.01. The minimum Gasteiger partial charge on any atom is -0.493 e. The minimum absolute atomic E-state index is 0.0156. The second-order valence-corrected chi connectivity index (χ2v) is 7.64. The number of nitrogens with one attached hydrogen (secondary N) is 2. The van der Waals surface area contributed by atoms with E-state index in [1.54, 1.807) is 18.2 Å². The van der Waals surface area contributed by atoms with Crippen LogP contribution in [0, 0.1) is 11.6 Å². The smallest absolute Gasteiger partial charge is 0.261 e. The van der Waals surface area contributed by atoms with Crippen LogP contribution in [0.2, 0.25) is 0 Å². The molecule has 32 heavy (non-hydrogen) atoms. The van der Waals surface area contributed by atoms with Crippen molar-refractivity contribution in [1.82, 2.24) is 5.32 Å². The van der Waals surface area contributed by atoms with Crippen molar-refractivity contribution in [2.75, 3.05) is 19.5 Å². The largest absolute Gasteiger partial charge is 0.493 e. The average Bonchev–Trinajstić information content (AvgIpc) is 3.25. The van der Waals surface area contributed by atoms with Crippen LogP contribution in [0.15, 0.2) is 36.4 Å². The Morgan fingerprint density at radius 2 is 1.66 bits per heavy atom. The van der Waals surface area contributed by atoms with Gasteiger partial charge < -0.3 is 24.8 Å². The van der Waals surface area contributed by atoms with Crippen LogP contribution in [0.5, 0.6) is 17.2 Å². The summed E-state index contributed by atoms with van der Waals surface area (Å²) in [6.45, 7) is 1.48. The lowest BCUT2D eigenvalue weighted by molar-refractivity contribution is -0.134. The molecule has 1 aliphatic rings. The van der Waals surface area contributed by atoms with Crippen LogP contribution >= 0.6 is 0 Å². The van der Waals surface area contributed by atoms with Gasteiger partial charge in [0, 0.05) is 17.8 Å². The highest BCUT2D eigenvalue weighted by Gasteiger charge is 2.43. The summed E-state index contributed by atoms with van der Waals surface area (Å²) >= 11 is 0. The van der Waals surface area contributed by atoms with Crippen molar-refractivity contribution >= 4 is 17.5 Å². The predicted molar refractivity (Wildman–Crippen MR) is 114 cm³/mol. The second-order valence-electron chi connectivity index (χ2n) is 7.64. The molecular weight excluding hydrogens is 422 g/mol. The van der Waals surface area contributed by atoms with E-state index in [0.717, 1.165) is 25.0 Å². The Morgan fingerprint density at radius 1 is 0.969 bits per heavy atom. The third-order valence-corrected chi connectivity index (χ3v) is 5.47. The Hall–Kier alpha value is -3.36. The van der Waals surface area contributed by atoms with Gasteiger partial charge in [0.25, 0.3) is 5.91 Å². The molecule has 1 aliphatic carbocycles. The fourth-order valence-electron chi connectivity index (χ4n) is 3.70. The molecule has 2 amide bonds. The molecule has 9 heteroatoms. The molecule has 0 radical (unpaired) electrons. The normalized spacial score (nSPS) is 15.5. The first-order valence-electron chi connectivity index (χ1n) is 10.2. The Bertz CT molecular complexity index is 992. The summed E-state index contributed by atoms with van der Waals surface area (Å²) < 4.78 is 42.4. The average molecular weight is 448 g/mol. The highest BCUT2D eigenvalue weighted by molar-refractivity contribution is 6.01. The van der Waals surface area contributed by atoms with Crippen molar-refractivity contribution in [2.24, 2.45) is 0 Å². The molecule has 1 fully saturated rings. The number of anilines is 1. The highest BCUT2D eigenvalue weighted by atomic mass is 19.2. The lowest BCUT2D eigenvalue weighted by Crippen LogP contribution is -2.57. The van der Waals surface area contributed by atoms with Crippen LogP contribution in [0.1, 0.15) is 32.6 Å². The van der Waals surface area contributed by atoms with Crippen LogP contribution in [0.4, 0.5) is 14.5 Å². The number of hydrogen-bond acceptors (Lipinski definition) is 5. The van der Waals surface area contributed by atoms with Gasteiger partial charge in [-0.15, -0.1) is 0 Å². The lowest BCUT2D eigenvalue weighted by Gasteiger charge is -2.30. The molecule has 0 heterocycles. The molecule has 0 bridgehead atoms. The van der Waals surface area contributed by atoms with E-state index >= 15 is 0 Å². The number of benzene rings is 2. The van der Waals surface area contributed by atoms with Gasteiger partial charge >= 0.3 is 0 Å². The van der Waals surface area contributed by atoms with Gasteiger partial charge in [-0.05, 0) is 44.0 Å². The SMILES string of the molecule is COc1ccc(NC(=O)C2(NC(=O)[C@@H](C)Oc3ccc(F)c(F)c3)CCCC2)cc1OC. The summed E-state index contributed by atoms with van der Waals surface area (Å²) in [6.07, 6.45) is 1.47. The summed E-state index contributed by atoms with van der Waals surface area (Å²) in [5, 5.41) is 5.65. The van der Waals surface area contributed by atoms with Crippen molar-refractivity contribution in [2.45, 2.75) is 44.2 Å². The monoisotopic (exact) mass is 448 g/mol. The number of amides is 2. The lowest BCUT2D eigenvalue weighted by atomic mass is 9.95.